The lowest BCUT2D eigenvalue weighted by Gasteiger charge is -2.33. The van der Waals surface area contributed by atoms with Crippen molar-refractivity contribution in [1.29, 1.82) is 0 Å². The molecule has 1 aromatic heterocycles. The van der Waals surface area contributed by atoms with Gasteiger partial charge in [-0.15, -0.1) is 0 Å². The number of nitrogens with one attached hydrogen (secondary N) is 1. The third kappa shape index (κ3) is 2.95. The Morgan fingerprint density at radius 1 is 1.56 bits per heavy atom. The molecule has 6 heteroatoms. The molecule has 6 nitrogen and oxygen atoms in total. The molecule has 1 unspecified atom stereocenters. The number of nitrogens with two attached hydrogens (primary N) is 1. The summed E-state index contributed by atoms with van der Waals surface area (Å²) in [5.74, 6) is -0.133. The highest BCUT2D eigenvalue weighted by atomic mass is 16.2. The highest BCUT2D eigenvalue weighted by Gasteiger charge is 2.29. The summed E-state index contributed by atoms with van der Waals surface area (Å²) in [6.07, 6.45) is 0. The number of aryl methyl sites for hydroxylation is 1. The Kier molecular flexibility index (Phi) is 4.24. The van der Waals surface area contributed by atoms with Crippen LogP contribution in [0.5, 0.6) is 0 Å². The van der Waals surface area contributed by atoms with E-state index in [1.807, 2.05) is 20.8 Å². The largest absolute Gasteiger partial charge is 0.344 e. The molecule has 0 radical (unpaired) electrons. The van der Waals surface area contributed by atoms with Crippen LogP contribution in [0.2, 0.25) is 0 Å². The first-order valence-electron chi connectivity index (χ1n) is 5.87. The zero-order valence-electron chi connectivity index (χ0n) is 11.2. The van der Waals surface area contributed by atoms with Crippen molar-refractivity contribution in [3.63, 3.8) is 0 Å². The molecular weight excluding hydrogens is 232 g/mol. The number of hydrogen-bond acceptors (Lipinski definition) is 4. The van der Waals surface area contributed by atoms with Gasteiger partial charge in [0.05, 0.1) is 5.54 Å². The molecule has 0 bridgehead atoms. The van der Waals surface area contributed by atoms with Crippen molar-refractivity contribution in [2.24, 2.45) is 18.7 Å². The van der Waals surface area contributed by atoms with Crippen LogP contribution in [0, 0.1) is 5.92 Å². The molecule has 0 saturated heterocycles. The van der Waals surface area contributed by atoms with Crippen LogP contribution in [0.3, 0.4) is 0 Å². The van der Waals surface area contributed by atoms with Gasteiger partial charge in [-0.2, -0.15) is 5.10 Å². The molecule has 1 atom stereocenters. The number of carbonyl (C=O) groups is 1. The van der Waals surface area contributed by atoms with Crippen molar-refractivity contribution >= 4 is 5.91 Å². The van der Waals surface area contributed by atoms with Crippen molar-refractivity contribution in [3.05, 3.63) is 28.2 Å². The van der Waals surface area contributed by atoms with Crippen molar-refractivity contribution < 1.29 is 4.79 Å². The fourth-order valence-electron chi connectivity index (χ4n) is 1.38. The van der Waals surface area contributed by atoms with E-state index in [2.05, 4.69) is 10.4 Å². The molecule has 1 amide bonds. The minimum atomic E-state index is -0.493. The first-order valence-corrected chi connectivity index (χ1v) is 5.87. The Balaban J connectivity index is 2.94. The number of nitrogens with zero attached hydrogens (tertiary/aromatic N) is 2. The van der Waals surface area contributed by atoms with Crippen LogP contribution in [-0.4, -0.2) is 27.8 Å². The van der Waals surface area contributed by atoms with E-state index in [0.29, 0.717) is 6.54 Å². The topological polar surface area (TPSA) is 90.0 Å². The average molecular weight is 252 g/mol. The van der Waals surface area contributed by atoms with E-state index in [0.717, 1.165) is 4.68 Å². The molecule has 0 aliphatic carbocycles. The third-order valence-electron chi connectivity index (χ3n) is 3.29. The maximum atomic E-state index is 12.0. The zero-order chi connectivity index (χ0) is 13.9. The molecule has 0 aliphatic rings. The maximum Gasteiger partial charge on any atom is 0.272 e. The van der Waals surface area contributed by atoms with Crippen LogP contribution in [0.1, 0.15) is 31.3 Å². The lowest BCUT2D eigenvalue weighted by molar-refractivity contribution is 0.0875. The Bertz CT molecular complexity index is 495. The van der Waals surface area contributed by atoms with Gasteiger partial charge in [0.15, 0.2) is 0 Å². The highest BCUT2D eigenvalue weighted by Crippen LogP contribution is 2.15. The predicted molar refractivity (Wildman–Crippen MR) is 69.2 cm³/mol. The Labute approximate surface area is 106 Å². The highest BCUT2D eigenvalue weighted by molar-refractivity contribution is 5.92. The average Bonchev–Trinajstić information content (AvgIpc) is 2.32. The number of hydrogen-bond donors (Lipinski definition) is 2. The minimum absolute atomic E-state index is 0.194. The second-order valence-corrected chi connectivity index (χ2v) is 4.91. The van der Waals surface area contributed by atoms with E-state index in [-0.39, 0.29) is 23.1 Å². The van der Waals surface area contributed by atoms with Crippen LogP contribution in [-0.2, 0) is 7.05 Å². The van der Waals surface area contributed by atoms with Crippen LogP contribution in [0.25, 0.3) is 0 Å². The Morgan fingerprint density at radius 2 is 2.17 bits per heavy atom. The van der Waals surface area contributed by atoms with Gasteiger partial charge in [0.25, 0.3) is 11.5 Å². The van der Waals surface area contributed by atoms with E-state index in [9.17, 15) is 9.59 Å². The molecule has 1 aromatic rings. The first-order chi connectivity index (χ1) is 8.30. The molecular formula is C12H20N4O2. The van der Waals surface area contributed by atoms with Crippen LogP contribution in [0.15, 0.2) is 16.9 Å². The van der Waals surface area contributed by atoms with E-state index < -0.39 is 5.54 Å². The lowest BCUT2D eigenvalue weighted by atomic mass is 9.88. The van der Waals surface area contributed by atoms with Gasteiger partial charge in [-0.25, -0.2) is 4.68 Å². The summed E-state index contributed by atoms with van der Waals surface area (Å²) in [5, 5.41) is 6.77. The summed E-state index contributed by atoms with van der Waals surface area (Å²) in [7, 11) is 1.50. The molecule has 3 N–H and O–H groups in total. The molecule has 0 aromatic carbocycles. The summed E-state index contributed by atoms with van der Waals surface area (Å²) in [6, 6.07) is 2.73. The zero-order valence-corrected chi connectivity index (χ0v) is 11.2. The van der Waals surface area contributed by atoms with E-state index in [1.165, 1.54) is 19.2 Å². The summed E-state index contributed by atoms with van der Waals surface area (Å²) in [6.45, 7) is 6.20. The monoisotopic (exact) mass is 252 g/mol. The van der Waals surface area contributed by atoms with Gasteiger partial charge in [-0.05, 0) is 18.9 Å². The number of rotatable bonds is 4. The first kappa shape index (κ1) is 14.4. The molecule has 1 rings (SSSR count). The van der Waals surface area contributed by atoms with Crippen molar-refractivity contribution in [3.8, 4) is 0 Å². The van der Waals surface area contributed by atoms with Gasteiger partial charge < -0.3 is 11.1 Å². The second-order valence-electron chi connectivity index (χ2n) is 4.91. The summed E-state index contributed by atoms with van der Waals surface area (Å²) >= 11 is 0. The standard InChI is InChI=1S/C12H20N4O2/c1-8(2)12(3,7-13)14-11(18)9-5-6-10(17)16(4)15-9/h5-6,8H,7,13H2,1-4H3,(H,14,18). The predicted octanol–water partition coefficient (Wildman–Crippen LogP) is -0.116. The van der Waals surface area contributed by atoms with Gasteiger partial charge in [0.2, 0.25) is 0 Å². The van der Waals surface area contributed by atoms with E-state index >= 15 is 0 Å². The van der Waals surface area contributed by atoms with Gasteiger partial charge in [-0.3, -0.25) is 9.59 Å². The van der Waals surface area contributed by atoms with Crippen molar-refractivity contribution in [1.82, 2.24) is 15.1 Å². The quantitative estimate of drug-likeness (QED) is 0.782. The van der Waals surface area contributed by atoms with E-state index in [1.54, 1.807) is 0 Å². The number of carbonyl (C=O) groups excluding carboxylic acids is 1. The van der Waals surface area contributed by atoms with Crippen molar-refractivity contribution in [2.45, 2.75) is 26.3 Å². The van der Waals surface area contributed by atoms with Crippen LogP contribution >= 0.6 is 0 Å². The van der Waals surface area contributed by atoms with Crippen LogP contribution in [0.4, 0.5) is 0 Å². The van der Waals surface area contributed by atoms with Gasteiger partial charge >= 0.3 is 0 Å². The number of aromatic nitrogens is 2. The molecule has 0 spiro atoms. The third-order valence-corrected chi connectivity index (χ3v) is 3.29. The van der Waals surface area contributed by atoms with Gasteiger partial charge in [-0.1, -0.05) is 13.8 Å². The second kappa shape index (κ2) is 5.30. The molecule has 0 fully saturated rings. The molecule has 1 heterocycles. The van der Waals surface area contributed by atoms with Crippen molar-refractivity contribution in [2.75, 3.05) is 6.54 Å². The lowest BCUT2D eigenvalue weighted by Crippen LogP contribution is -2.55. The smallest absolute Gasteiger partial charge is 0.272 e. The fraction of sp³-hybridized carbons (Fsp3) is 0.583. The number of amides is 1. The normalized spacial score (nSPS) is 14.3. The van der Waals surface area contributed by atoms with Crippen LogP contribution < -0.4 is 16.6 Å². The molecule has 0 aliphatic heterocycles. The molecule has 0 saturated carbocycles. The maximum absolute atomic E-state index is 12.0. The summed E-state index contributed by atoms with van der Waals surface area (Å²) in [5.41, 5.74) is 5.16. The molecule has 18 heavy (non-hydrogen) atoms. The fourth-order valence-corrected chi connectivity index (χ4v) is 1.38. The summed E-state index contributed by atoms with van der Waals surface area (Å²) < 4.78 is 1.13. The Morgan fingerprint density at radius 3 is 2.61 bits per heavy atom. The SMILES string of the molecule is CC(C)C(C)(CN)NC(=O)c1ccc(=O)n(C)n1. The molecule has 100 valence electrons. The Hall–Kier alpha value is -1.69. The minimum Gasteiger partial charge on any atom is -0.344 e. The summed E-state index contributed by atoms with van der Waals surface area (Å²) in [4.78, 5) is 23.2. The van der Waals surface area contributed by atoms with E-state index in [4.69, 9.17) is 5.73 Å². The van der Waals surface area contributed by atoms with Gasteiger partial charge in [0.1, 0.15) is 5.69 Å². The van der Waals surface area contributed by atoms with Gasteiger partial charge in [0, 0.05) is 19.7 Å².